The summed E-state index contributed by atoms with van der Waals surface area (Å²) < 4.78 is 5.62. The number of ether oxygens (including phenoxy) is 1. The summed E-state index contributed by atoms with van der Waals surface area (Å²) in [5, 5.41) is 3.33. The lowest BCUT2D eigenvalue weighted by molar-refractivity contribution is 0.0923. The highest BCUT2D eigenvalue weighted by molar-refractivity contribution is 5.85. The lowest BCUT2D eigenvalue weighted by Crippen LogP contribution is -2.13. The van der Waals surface area contributed by atoms with Crippen LogP contribution in [-0.4, -0.2) is 24.7 Å². The SMILES string of the molecule is Cl.c1cncc(COCC2CCNC2)c1. The fourth-order valence-corrected chi connectivity index (χ4v) is 1.68. The number of halogens is 1. The van der Waals surface area contributed by atoms with E-state index in [-0.39, 0.29) is 12.4 Å². The van der Waals surface area contributed by atoms with Gasteiger partial charge in [-0.15, -0.1) is 12.4 Å². The van der Waals surface area contributed by atoms with E-state index < -0.39 is 0 Å². The molecule has 1 atom stereocenters. The average molecular weight is 229 g/mol. The van der Waals surface area contributed by atoms with Gasteiger partial charge in [-0.3, -0.25) is 4.98 Å². The Morgan fingerprint density at radius 3 is 3.13 bits per heavy atom. The molecule has 1 N–H and O–H groups in total. The van der Waals surface area contributed by atoms with Gasteiger partial charge < -0.3 is 10.1 Å². The number of nitrogens with one attached hydrogen (secondary N) is 1. The molecule has 1 saturated heterocycles. The number of pyridine rings is 1. The third kappa shape index (κ3) is 4.16. The number of hydrogen-bond acceptors (Lipinski definition) is 3. The molecule has 1 aromatic rings. The maximum atomic E-state index is 5.62. The molecule has 2 rings (SSSR count). The second-order valence-electron chi connectivity index (χ2n) is 3.74. The van der Waals surface area contributed by atoms with Crippen LogP contribution >= 0.6 is 12.4 Å². The van der Waals surface area contributed by atoms with E-state index >= 15 is 0 Å². The third-order valence-corrected chi connectivity index (χ3v) is 2.51. The summed E-state index contributed by atoms with van der Waals surface area (Å²) in [7, 11) is 0. The third-order valence-electron chi connectivity index (χ3n) is 2.51. The van der Waals surface area contributed by atoms with Crippen molar-refractivity contribution in [1.29, 1.82) is 0 Å². The Hall–Kier alpha value is -0.640. The van der Waals surface area contributed by atoms with Crippen LogP contribution in [-0.2, 0) is 11.3 Å². The zero-order valence-electron chi connectivity index (χ0n) is 8.69. The molecule has 15 heavy (non-hydrogen) atoms. The molecule has 1 aromatic heterocycles. The maximum Gasteiger partial charge on any atom is 0.0731 e. The van der Waals surface area contributed by atoms with Gasteiger partial charge in [0.1, 0.15) is 0 Å². The molecule has 1 unspecified atom stereocenters. The standard InChI is InChI=1S/C11H16N2O.ClH/c1-2-10(6-12-4-1)8-14-9-11-3-5-13-7-11;/h1-2,4,6,11,13H,3,5,7-9H2;1H. The monoisotopic (exact) mass is 228 g/mol. The summed E-state index contributed by atoms with van der Waals surface area (Å²) in [6.45, 7) is 3.79. The molecule has 2 heterocycles. The molecule has 1 aliphatic rings. The molecule has 1 fully saturated rings. The van der Waals surface area contributed by atoms with Gasteiger partial charge in [-0.05, 0) is 30.5 Å². The quantitative estimate of drug-likeness (QED) is 0.851. The highest BCUT2D eigenvalue weighted by Crippen LogP contribution is 2.08. The molecule has 0 saturated carbocycles. The van der Waals surface area contributed by atoms with Gasteiger partial charge in [0.15, 0.2) is 0 Å². The predicted octanol–water partition coefficient (Wildman–Crippen LogP) is 1.63. The highest BCUT2D eigenvalue weighted by atomic mass is 35.5. The van der Waals surface area contributed by atoms with E-state index in [1.165, 1.54) is 6.42 Å². The average Bonchev–Trinajstić information content (AvgIpc) is 2.72. The zero-order chi connectivity index (χ0) is 9.64. The molecule has 4 heteroatoms. The van der Waals surface area contributed by atoms with E-state index in [1.54, 1.807) is 6.20 Å². The van der Waals surface area contributed by atoms with E-state index in [2.05, 4.69) is 10.3 Å². The molecule has 0 aliphatic carbocycles. The van der Waals surface area contributed by atoms with Gasteiger partial charge in [0.25, 0.3) is 0 Å². The topological polar surface area (TPSA) is 34.1 Å². The van der Waals surface area contributed by atoms with Crippen molar-refractivity contribution < 1.29 is 4.74 Å². The van der Waals surface area contributed by atoms with Crippen LogP contribution in [0.15, 0.2) is 24.5 Å². The normalized spacial score (nSPS) is 19.9. The van der Waals surface area contributed by atoms with Crippen LogP contribution < -0.4 is 5.32 Å². The Morgan fingerprint density at radius 2 is 2.47 bits per heavy atom. The fourth-order valence-electron chi connectivity index (χ4n) is 1.68. The minimum absolute atomic E-state index is 0. The molecule has 0 radical (unpaired) electrons. The van der Waals surface area contributed by atoms with Crippen molar-refractivity contribution >= 4 is 12.4 Å². The first-order chi connectivity index (χ1) is 6.95. The molecule has 0 bridgehead atoms. The Balaban J connectivity index is 0.00000112. The summed E-state index contributed by atoms with van der Waals surface area (Å²) in [6.07, 6.45) is 4.88. The van der Waals surface area contributed by atoms with Gasteiger partial charge in [-0.1, -0.05) is 6.07 Å². The van der Waals surface area contributed by atoms with Crippen LogP contribution in [0, 0.1) is 5.92 Å². The van der Waals surface area contributed by atoms with Crippen molar-refractivity contribution in [3.63, 3.8) is 0 Å². The van der Waals surface area contributed by atoms with Crippen LogP contribution in [0.2, 0.25) is 0 Å². The predicted molar refractivity (Wildman–Crippen MR) is 62.1 cm³/mol. The van der Waals surface area contributed by atoms with Crippen LogP contribution in [0.3, 0.4) is 0 Å². The first-order valence-electron chi connectivity index (χ1n) is 5.12. The van der Waals surface area contributed by atoms with Crippen LogP contribution in [0.4, 0.5) is 0 Å². The van der Waals surface area contributed by atoms with Gasteiger partial charge in [0, 0.05) is 18.9 Å². The molecule has 84 valence electrons. The Morgan fingerprint density at radius 1 is 1.53 bits per heavy atom. The number of rotatable bonds is 4. The Labute approximate surface area is 96.7 Å². The lowest BCUT2D eigenvalue weighted by Gasteiger charge is -2.08. The Kier molecular flexibility index (Phi) is 5.61. The number of aromatic nitrogens is 1. The van der Waals surface area contributed by atoms with Crippen molar-refractivity contribution in [2.45, 2.75) is 13.0 Å². The van der Waals surface area contributed by atoms with Crippen molar-refractivity contribution in [3.05, 3.63) is 30.1 Å². The molecular weight excluding hydrogens is 212 g/mol. The molecular formula is C11H17ClN2O. The first kappa shape index (κ1) is 12.4. The summed E-state index contributed by atoms with van der Waals surface area (Å²) in [4.78, 5) is 4.04. The zero-order valence-corrected chi connectivity index (χ0v) is 9.50. The van der Waals surface area contributed by atoms with Crippen LogP contribution in [0.5, 0.6) is 0 Å². The first-order valence-corrected chi connectivity index (χ1v) is 5.12. The van der Waals surface area contributed by atoms with Gasteiger partial charge >= 0.3 is 0 Å². The Bertz CT molecular complexity index is 263. The van der Waals surface area contributed by atoms with E-state index in [0.717, 1.165) is 25.3 Å². The molecule has 0 amide bonds. The van der Waals surface area contributed by atoms with E-state index in [0.29, 0.717) is 12.5 Å². The van der Waals surface area contributed by atoms with Crippen LogP contribution in [0.1, 0.15) is 12.0 Å². The highest BCUT2D eigenvalue weighted by Gasteiger charge is 2.13. The molecule has 0 aromatic carbocycles. The second-order valence-corrected chi connectivity index (χ2v) is 3.74. The van der Waals surface area contributed by atoms with E-state index in [9.17, 15) is 0 Å². The number of nitrogens with zero attached hydrogens (tertiary/aromatic N) is 1. The lowest BCUT2D eigenvalue weighted by atomic mass is 10.1. The molecule has 0 spiro atoms. The van der Waals surface area contributed by atoms with Gasteiger partial charge in [0.2, 0.25) is 0 Å². The maximum absolute atomic E-state index is 5.62. The molecule has 3 nitrogen and oxygen atoms in total. The van der Waals surface area contributed by atoms with E-state index in [1.807, 2.05) is 18.3 Å². The summed E-state index contributed by atoms with van der Waals surface area (Å²) in [5.41, 5.74) is 1.15. The number of hydrogen-bond donors (Lipinski definition) is 1. The van der Waals surface area contributed by atoms with E-state index in [4.69, 9.17) is 4.74 Å². The largest absolute Gasteiger partial charge is 0.376 e. The minimum Gasteiger partial charge on any atom is -0.376 e. The van der Waals surface area contributed by atoms with Crippen LogP contribution in [0.25, 0.3) is 0 Å². The minimum atomic E-state index is 0. The van der Waals surface area contributed by atoms with Crippen molar-refractivity contribution in [3.8, 4) is 0 Å². The smallest absolute Gasteiger partial charge is 0.0731 e. The van der Waals surface area contributed by atoms with Crippen molar-refractivity contribution in [2.75, 3.05) is 19.7 Å². The fraction of sp³-hybridized carbons (Fsp3) is 0.545. The summed E-state index contributed by atoms with van der Waals surface area (Å²) >= 11 is 0. The van der Waals surface area contributed by atoms with Crippen molar-refractivity contribution in [1.82, 2.24) is 10.3 Å². The van der Waals surface area contributed by atoms with Gasteiger partial charge in [-0.2, -0.15) is 0 Å². The summed E-state index contributed by atoms with van der Waals surface area (Å²) in [5.74, 6) is 0.701. The van der Waals surface area contributed by atoms with Crippen molar-refractivity contribution in [2.24, 2.45) is 5.92 Å². The second kappa shape index (κ2) is 6.77. The molecule has 1 aliphatic heterocycles. The summed E-state index contributed by atoms with van der Waals surface area (Å²) in [6, 6.07) is 3.98. The van der Waals surface area contributed by atoms with Gasteiger partial charge in [0.05, 0.1) is 13.2 Å². The van der Waals surface area contributed by atoms with Gasteiger partial charge in [-0.25, -0.2) is 0 Å².